The molecule has 0 aliphatic carbocycles. The Balaban J connectivity index is 1.52. The number of nitrogens with one attached hydrogen (secondary N) is 1. The lowest BCUT2D eigenvalue weighted by atomic mass is 10.0. The van der Waals surface area contributed by atoms with Crippen LogP contribution < -0.4 is 5.32 Å². The van der Waals surface area contributed by atoms with Gasteiger partial charge >= 0.3 is 0 Å². The fourth-order valence-corrected chi connectivity index (χ4v) is 4.02. The molecule has 1 aromatic heterocycles. The zero-order valence-corrected chi connectivity index (χ0v) is 13.6. The van der Waals surface area contributed by atoms with E-state index in [4.69, 9.17) is 0 Å². The van der Waals surface area contributed by atoms with Gasteiger partial charge in [0, 0.05) is 25.5 Å². The molecule has 3 rings (SSSR count). The van der Waals surface area contributed by atoms with E-state index < -0.39 is 0 Å². The van der Waals surface area contributed by atoms with Gasteiger partial charge in [0.2, 0.25) is 5.91 Å². The van der Waals surface area contributed by atoms with Crippen molar-refractivity contribution in [2.75, 3.05) is 12.3 Å². The molecule has 0 bridgehead atoms. The highest BCUT2D eigenvalue weighted by atomic mass is 32.2. The molecule has 1 aliphatic rings. The number of fused-ring (bicyclic) bond motifs is 1. The number of thioether (sulfide) groups is 1. The maximum absolute atomic E-state index is 12.4. The molecule has 0 spiro atoms. The van der Waals surface area contributed by atoms with Crippen molar-refractivity contribution in [3.8, 4) is 0 Å². The van der Waals surface area contributed by atoms with E-state index in [0.717, 1.165) is 31.0 Å². The lowest BCUT2D eigenvalue weighted by Gasteiger charge is -2.24. The molecule has 2 aromatic rings. The molecular formula is C17H21N3OS. The second-order valence-corrected chi connectivity index (χ2v) is 6.73. The fraction of sp³-hybridized carbons (Fsp3) is 0.412. The first-order valence-corrected chi connectivity index (χ1v) is 8.75. The average Bonchev–Trinajstić information content (AvgIpc) is 2.96. The van der Waals surface area contributed by atoms with Crippen molar-refractivity contribution >= 4 is 17.7 Å². The number of aromatic nitrogens is 2. The monoisotopic (exact) mass is 315 g/mol. The summed E-state index contributed by atoms with van der Waals surface area (Å²) < 4.78 is 2.11. The normalized spacial score (nSPS) is 17.0. The molecule has 22 heavy (non-hydrogen) atoms. The SMILES string of the molecule is Cc1nccn1CCCNC(=O)C1SCCc2ccccc21. The molecule has 0 fully saturated rings. The summed E-state index contributed by atoms with van der Waals surface area (Å²) in [6, 6.07) is 8.29. The van der Waals surface area contributed by atoms with Crippen LogP contribution in [0.25, 0.3) is 0 Å². The van der Waals surface area contributed by atoms with Gasteiger partial charge in [-0.3, -0.25) is 4.79 Å². The lowest BCUT2D eigenvalue weighted by Crippen LogP contribution is -2.31. The second kappa shape index (κ2) is 7.01. The third-order valence-electron chi connectivity index (χ3n) is 4.03. The summed E-state index contributed by atoms with van der Waals surface area (Å²) >= 11 is 1.74. The van der Waals surface area contributed by atoms with E-state index >= 15 is 0 Å². The van der Waals surface area contributed by atoms with Gasteiger partial charge in [0.15, 0.2) is 0 Å². The maximum atomic E-state index is 12.4. The van der Waals surface area contributed by atoms with Crippen LogP contribution in [0.5, 0.6) is 0 Å². The number of hydrogen-bond donors (Lipinski definition) is 1. The van der Waals surface area contributed by atoms with Gasteiger partial charge in [-0.15, -0.1) is 11.8 Å². The van der Waals surface area contributed by atoms with Crippen LogP contribution in [0.4, 0.5) is 0 Å². The first kappa shape index (κ1) is 15.2. The molecule has 4 nitrogen and oxygen atoms in total. The van der Waals surface area contributed by atoms with Crippen molar-refractivity contribution in [1.82, 2.24) is 14.9 Å². The minimum Gasteiger partial charge on any atom is -0.355 e. The average molecular weight is 315 g/mol. The summed E-state index contributed by atoms with van der Waals surface area (Å²) in [5, 5.41) is 3.03. The summed E-state index contributed by atoms with van der Waals surface area (Å²) in [5.74, 6) is 2.17. The maximum Gasteiger partial charge on any atom is 0.237 e. The molecule has 0 saturated carbocycles. The Bertz CT molecular complexity index is 653. The molecule has 1 aliphatic heterocycles. The van der Waals surface area contributed by atoms with Crippen LogP contribution in [0.15, 0.2) is 36.7 Å². The quantitative estimate of drug-likeness (QED) is 0.863. The predicted octanol–water partition coefficient (Wildman–Crippen LogP) is 2.73. The Labute approximate surface area is 135 Å². The number of benzene rings is 1. The van der Waals surface area contributed by atoms with Crippen LogP contribution in [0, 0.1) is 6.92 Å². The van der Waals surface area contributed by atoms with Crippen molar-refractivity contribution in [3.05, 3.63) is 53.6 Å². The highest BCUT2D eigenvalue weighted by Gasteiger charge is 2.26. The Morgan fingerprint density at radius 3 is 3.14 bits per heavy atom. The van der Waals surface area contributed by atoms with Gasteiger partial charge in [-0.05, 0) is 36.6 Å². The number of rotatable bonds is 5. The molecular weight excluding hydrogens is 294 g/mol. The van der Waals surface area contributed by atoms with Crippen LogP contribution >= 0.6 is 11.8 Å². The summed E-state index contributed by atoms with van der Waals surface area (Å²) in [6.45, 7) is 3.59. The second-order valence-electron chi connectivity index (χ2n) is 5.51. The molecule has 1 amide bonds. The largest absolute Gasteiger partial charge is 0.355 e. The Morgan fingerprint density at radius 2 is 2.32 bits per heavy atom. The van der Waals surface area contributed by atoms with Crippen molar-refractivity contribution in [3.63, 3.8) is 0 Å². The van der Waals surface area contributed by atoms with Gasteiger partial charge in [0.1, 0.15) is 11.1 Å². The van der Waals surface area contributed by atoms with Crippen molar-refractivity contribution < 1.29 is 4.79 Å². The fourth-order valence-electron chi connectivity index (χ4n) is 2.80. The summed E-state index contributed by atoms with van der Waals surface area (Å²) in [4.78, 5) is 16.6. The van der Waals surface area contributed by atoms with Gasteiger partial charge in [-0.2, -0.15) is 0 Å². The number of imidazole rings is 1. The Hall–Kier alpha value is -1.75. The summed E-state index contributed by atoms with van der Waals surface area (Å²) in [7, 11) is 0. The van der Waals surface area contributed by atoms with Crippen LogP contribution in [-0.2, 0) is 17.8 Å². The highest BCUT2D eigenvalue weighted by Crippen LogP contribution is 2.36. The van der Waals surface area contributed by atoms with E-state index in [1.165, 1.54) is 11.1 Å². The van der Waals surface area contributed by atoms with E-state index in [9.17, 15) is 4.79 Å². The van der Waals surface area contributed by atoms with Gasteiger partial charge in [-0.1, -0.05) is 24.3 Å². The van der Waals surface area contributed by atoms with Gasteiger partial charge < -0.3 is 9.88 Å². The van der Waals surface area contributed by atoms with Crippen molar-refractivity contribution in [1.29, 1.82) is 0 Å². The minimum atomic E-state index is -0.0556. The van der Waals surface area contributed by atoms with E-state index in [-0.39, 0.29) is 11.2 Å². The molecule has 116 valence electrons. The predicted molar refractivity (Wildman–Crippen MR) is 89.9 cm³/mol. The molecule has 1 aromatic carbocycles. The zero-order valence-electron chi connectivity index (χ0n) is 12.8. The number of amides is 1. The summed E-state index contributed by atoms with van der Waals surface area (Å²) in [5.41, 5.74) is 2.50. The molecule has 0 saturated heterocycles. The molecule has 2 heterocycles. The topological polar surface area (TPSA) is 46.9 Å². The van der Waals surface area contributed by atoms with Crippen molar-refractivity contribution in [2.45, 2.75) is 31.6 Å². The first-order chi connectivity index (χ1) is 10.8. The van der Waals surface area contributed by atoms with Crippen LogP contribution in [-0.4, -0.2) is 27.8 Å². The number of aryl methyl sites for hydroxylation is 3. The van der Waals surface area contributed by atoms with Crippen molar-refractivity contribution in [2.24, 2.45) is 0 Å². The van der Waals surface area contributed by atoms with E-state index in [0.29, 0.717) is 6.54 Å². The minimum absolute atomic E-state index is 0.0556. The van der Waals surface area contributed by atoms with Crippen LogP contribution in [0.3, 0.4) is 0 Å². The molecule has 5 heteroatoms. The number of hydrogen-bond acceptors (Lipinski definition) is 3. The smallest absolute Gasteiger partial charge is 0.237 e. The van der Waals surface area contributed by atoms with Gasteiger partial charge in [0.25, 0.3) is 0 Å². The number of nitrogens with zero attached hydrogens (tertiary/aromatic N) is 2. The Morgan fingerprint density at radius 1 is 1.45 bits per heavy atom. The highest BCUT2D eigenvalue weighted by molar-refractivity contribution is 8.00. The first-order valence-electron chi connectivity index (χ1n) is 7.70. The number of carbonyl (C=O) groups is 1. The Kier molecular flexibility index (Phi) is 4.83. The molecule has 1 unspecified atom stereocenters. The summed E-state index contributed by atoms with van der Waals surface area (Å²) in [6.07, 6.45) is 5.76. The number of carbonyl (C=O) groups excluding carboxylic acids is 1. The zero-order chi connectivity index (χ0) is 15.4. The third kappa shape index (κ3) is 3.35. The standard InChI is InChI=1S/C17H21N3OS/c1-13-18-9-11-20(13)10-4-8-19-17(21)16-15-6-3-2-5-14(15)7-12-22-16/h2-3,5-6,9,11,16H,4,7-8,10,12H2,1H3,(H,19,21). The van der Waals surface area contributed by atoms with Gasteiger partial charge in [0.05, 0.1) is 0 Å². The molecule has 1 atom stereocenters. The molecule has 0 radical (unpaired) electrons. The lowest BCUT2D eigenvalue weighted by molar-refractivity contribution is -0.120. The van der Waals surface area contributed by atoms with Gasteiger partial charge in [-0.25, -0.2) is 4.98 Å². The third-order valence-corrected chi connectivity index (χ3v) is 5.27. The van der Waals surface area contributed by atoms with E-state index in [2.05, 4.69) is 33.1 Å². The van der Waals surface area contributed by atoms with Crippen LogP contribution in [0.2, 0.25) is 0 Å². The van der Waals surface area contributed by atoms with E-state index in [1.54, 1.807) is 11.8 Å². The van der Waals surface area contributed by atoms with Crippen LogP contribution in [0.1, 0.15) is 28.6 Å². The van der Waals surface area contributed by atoms with E-state index in [1.807, 2.05) is 25.4 Å². The molecule has 1 N–H and O–H groups in total.